The maximum Gasteiger partial charge on any atom is 0.236 e. The topological polar surface area (TPSA) is 32.3 Å². The zero-order valence-electron chi connectivity index (χ0n) is 12.5. The van der Waals surface area contributed by atoms with Gasteiger partial charge >= 0.3 is 0 Å². The molecule has 1 aromatic rings. The first kappa shape index (κ1) is 15.0. The molecule has 110 valence electrons. The van der Waals surface area contributed by atoms with Crippen LogP contribution in [0.1, 0.15) is 43.7 Å². The molecule has 1 heterocycles. The van der Waals surface area contributed by atoms with Crippen LogP contribution >= 0.6 is 0 Å². The van der Waals surface area contributed by atoms with Crippen LogP contribution in [0.4, 0.5) is 0 Å². The van der Waals surface area contributed by atoms with E-state index >= 15 is 0 Å². The predicted octanol–water partition coefficient (Wildman–Crippen LogP) is 2.74. The monoisotopic (exact) mass is 274 g/mol. The average molecular weight is 274 g/mol. The second-order valence-corrected chi connectivity index (χ2v) is 5.57. The number of benzene rings is 1. The van der Waals surface area contributed by atoms with Gasteiger partial charge in [-0.3, -0.25) is 4.79 Å². The van der Waals surface area contributed by atoms with Crippen molar-refractivity contribution in [2.24, 2.45) is 0 Å². The number of nitrogens with one attached hydrogen (secondary N) is 1. The number of hydrogen-bond acceptors (Lipinski definition) is 2. The molecular formula is C17H26N2O. The third-order valence-corrected chi connectivity index (χ3v) is 3.97. The van der Waals surface area contributed by atoms with E-state index in [2.05, 4.69) is 36.5 Å². The van der Waals surface area contributed by atoms with Gasteiger partial charge in [-0.15, -0.1) is 0 Å². The second-order valence-electron chi connectivity index (χ2n) is 5.57. The van der Waals surface area contributed by atoms with Crippen molar-refractivity contribution in [1.82, 2.24) is 10.2 Å². The molecule has 0 aromatic heterocycles. The van der Waals surface area contributed by atoms with E-state index < -0.39 is 0 Å². The van der Waals surface area contributed by atoms with E-state index in [4.69, 9.17) is 0 Å². The van der Waals surface area contributed by atoms with Crippen LogP contribution in [0, 0.1) is 0 Å². The molecule has 0 saturated heterocycles. The van der Waals surface area contributed by atoms with Gasteiger partial charge in [-0.2, -0.15) is 0 Å². The van der Waals surface area contributed by atoms with Gasteiger partial charge in [0.15, 0.2) is 0 Å². The molecule has 1 aliphatic heterocycles. The lowest BCUT2D eigenvalue weighted by Gasteiger charge is -2.29. The van der Waals surface area contributed by atoms with Crippen molar-refractivity contribution in [2.75, 3.05) is 19.6 Å². The van der Waals surface area contributed by atoms with Crippen molar-refractivity contribution in [3.05, 3.63) is 35.4 Å². The number of hydrogen-bond donors (Lipinski definition) is 1. The molecular weight excluding hydrogens is 248 g/mol. The fourth-order valence-electron chi connectivity index (χ4n) is 2.69. The Morgan fingerprint density at radius 2 is 2.00 bits per heavy atom. The molecule has 1 aliphatic rings. The molecule has 0 atom stereocenters. The van der Waals surface area contributed by atoms with Gasteiger partial charge in [0.1, 0.15) is 0 Å². The third kappa shape index (κ3) is 4.34. The zero-order valence-corrected chi connectivity index (χ0v) is 12.5. The number of carbonyl (C=O) groups excluding carboxylic acids is 1. The van der Waals surface area contributed by atoms with Crippen molar-refractivity contribution >= 4 is 5.91 Å². The summed E-state index contributed by atoms with van der Waals surface area (Å²) in [6.45, 7) is 5.27. The van der Waals surface area contributed by atoms with Crippen LogP contribution in [0.3, 0.4) is 0 Å². The fourth-order valence-corrected chi connectivity index (χ4v) is 2.69. The molecule has 0 radical (unpaired) electrons. The van der Waals surface area contributed by atoms with Crippen LogP contribution in [0.5, 0.6) is 0 Å². The summed E-state index contributed by atoms with van der Waals surface area (Å²) in [6, 6.07) is 8.43. The van der Waals surface area contributed by atoms with Crippen molar-refractivity contribution in [3.8, 4) is 0 Å². The van der Waals surface area contributed by atoms with Gasteiger partial charge in [0.25, 0.3) is 0 Å². The number of amides is 1. The van der Waals surface area contributed by atoms with E-state index in [9.17, 15) is 4.79 Å². The normalized spacial score (nSPS) is 14.2. The average Bonchev–Trinajstić information content (AvgIpc) is 2.50. The maximum absolute atomic E-state index is 12.2. The van der Waals surface area contributed by atoms with Crippen LogP contribution in [0.2, 0.25) is 0 Å². The molecule has 0 saturated carbocycles. The minimum absolute atomic E-state index is 0.231. The zero-order chi connectivity index (χ0) is 14.2. The van der Waals surface area contributed by atoms with Crippen molar-refractivity contribution < 1.29 is 4.79 Å². The molecule has 2 rings (SSSR count). The Labute approximate surface area is 122 Å². The standard InChI is InChI=1S/C17H26N2O/c1-2-3-4-7-11-18-13-17(20)19-12-10-15-8-5-6-9-16(15)14-19/h5-6,8-9,18H,2-4,7,10-14H2,1H3. The molecule has 3 heteroatoms. The smallest absolute Gasteiger partial charge is 0.236 e. The van der Waals surface area contributed by atoms with Crippen LogP contribution in [0.25, 0.3) is 0 Å². The third-order valence-electron chi connectivity index (χ3n) is 3.97. The quantitative estimate of drug-likeness (QED) is 0.775. The molecule has 0 unspecified atom stereocenters. The van der Waals surface area contributed by atoms with Gasteiger partial charge < -0.3 is 10.2 Å². The highest BCUT2D eigenvalue weighted by atomic mass is 16.2. The number of fused-ring (bicyclic) bond motifs is 1. The minimum Gasteiger partial charge on any atom is -0.337 e. The lowest BCUT2D eigenvalue weighted by atomic mass is 10.00. The predicted molar refractivity (Wildman–Crippen MR) is 82.6 cm³/mol. The van der Waals surface area contributed by atoms with E-state index in [-0.39, 0.29) is 5.91 Å². The lowest BCUT2D eigenvalue weighted by molar-refractivity contribution is -0.131. The molecule has 0 fully saturated rings. The summed E-state index contributed by atoms with van der Waals surface area (Å²) >= 11 is 0. The first-order chi connectivity index (χ1) is 9.81. The SMILES string of the molecule is CCCCCCNCC(=O)N1CCc2ccccc2C1. The Morgan fingerprint density at radius 1 is 1.20 bits per heavy atom. The van der Waals surface area contributed by atoms with Crippen molar-refractivity contribution in [2.45, 2.75) is 45.6 Å². The number of unbranched alkanes of at least 4 members (excludes halogenated alkanes) is 3. The Balaban J connectivity index is 1.69. The van der Waals surface area contributed by atoms with Gasteiger partial charge in [0.2, 0.25) is 5.91 Å². The molecule has 1 N–H and O–H groups in total. The summed E-state index contributed by atoms with van der Waals surface area (Å²) in [4.78, 5) is 14.1. The Hall–Kier alpha value is -1.35. The van der Waals surface area contributed by atoms with E-state index in [1.165, 1.54) is 36.8 Å². The molecule has 1 aromatic carbocycles. The largest absolute Gasteiger partial charge is 0.337 e. The molecule has 0 aliphatic carbocycles. The summed E-state index contributed by atoms with van der Waals surface area (Å²) in [6.07, 6.45) is 5.96. The van der Waals surface area contributed by atoms with Gasteiger partial charge in [-0.05, 0) is 30.5 Å². The highest BCUT2D eigenvalue weighted by Gasteiger charge is 2.19. The van der Waals surface area contributed by atoms with Gasteiger partial charge in [0.05, 0.1) is 6.54 Å². The first-order valence-corrected chi connectivity index (χ1v) is 7.86. The highest BCUT2D eigenvalue weighted by Crippen LogP contribution is 2.18. The van der Waals surface area contributed by atoms with Crippen molar-refractivity contribution in [1.29, 1.82) is 0 Å². The molecule has 0 spiro atoms. The Kier molecular flexibility index (Phi) is 6.06. The van der Waals surface area contributed by atoms with Crippen LogP contribution in [-0.4, -0.2) is 30.4 Å². The Bertz CT molecular complexity index is 431. The number of rotatable bonds is 7. The summed E-state index contributed by atoms with van der Waals surface area (Å²) < 4.78 is 0. The van der Waals surface area contributed by atoms with Gasteiger partial charge in [-0.25, -0.2) is 0 Å². The summed E-state index contributed by atoms with van der Waals surface area (Å²) in [5.41, 5.74) is 2.69. The summed E-state index contributed by atoms with van der Waals surface area (Å²) in [7, 11) is 0. The number of nitrogens with zero attached hydrogens (tertiary/aromatic N) is 1. The molecule has 0 bridgehead atoms. The van der Waals surface area contributed by atoms with E-state index in [0.29, 0.717) is 6.54 Å². The summed E-state index contributed by atoms with van der Waals surface area (Å²) in [5.74, 6) is 0.231. The summed E-state index contributed by atoms with van der Waals surface area (Å²) in [5, 5.41) is 3.27. The van der Waals surface area contributed by atoms with Crippen LogP contribution < -0.4 is 5.32 Å². The first-order valence-electron chi connectivity index (χ1n) is 7.86. The van der Waals surface area contributed by atoms with E-state index in [1.54, 1.807) is 0 Å². The van der Waals surface area contributed by atoms with E-state index in [0.717, 1.165) is 26.1 Å². The van der Waals surface area contributed by atoms with Gasteiger partial charge in [0, 0.05) is 13.1 Å². The maximum atomic E-state index is 12.2. The molecule has 1 amide bonds. The van der Waals surface area contributed by atoms with Crippen LogP contribution in [-0.2, 0) is 17.8 Å². The van der Waals surface area contributed by atoms with Crippen molar-refractivity contribution in [3.63, 3.8) is 0 Å². The highest BCUT2D eigenvalue weighted by molar-refractivity contribution is 5.78. The van der Waals surface area contributed by atoms with Gasteiger partial charge in [-0.1, -0.05) is 50.5 Å². The minimum atomic E-state index is 0.231. The Morgan fingerprint density at radius 3 is 2.80 bits per heavy atom. The fraction of sp³-hybridized carbons (Fsp3) is 0.588. The van der Waals surface area contributed by atoms with Crippen LogP contribution in [0.15, 0.2) is 24.3 Å². The number of carbonyl (C=O) groups is 1. The lowest BCUT2D eigenvalue weighted by Crippen LogP contribution is -2.41. The second kappa shape index (κ2) is 8.05. The molecule has 3 nitrogen and oxygen atoms in total. The van der Waals surface area contributed by atoms with E-state index in [1.807, 2.05) is 4.90 Å². The molecule has 20 heavy (non-hydrogen) atoms.